The number of carbonyl (C=O) groups excluding carboxylic acids is 2. The predicted molar refractivity (Wildman–Crippen MR) is 106 cm³/mol. The van der Waals surface area contributed by atoms with Crippen LogP contribution in [0.15, 0.2) is 48.5 Å². The molecule has 0 bridgehead atoms. The van der Waals surface area contributed by atoms with E-state index in [9.17, 15) is 14.0 Å². The van der Waals surface area contributed by atoms with Gasteiger partial charge in [0, 0.05) is 23.8 Å². The van der Waals surface area contributed by atoms with Gasteiger partial charge < -0.3 is 15.4 Å². The maximum atomic E-state index is 12.9. The second kappa shape index (κ2) is 9.21. The molecule has 148 valence electrons. The van der Waals surface area contributed by atoms with Crippen molar-refractivity contribution in [1.82, 2.24) is 5.32 Å². The summed E-state index contributed by atoms with van der Waals surface area (Å²) in [5.74, 6) is -0.371. The van der Waals surface area contributed by atoms with Crippen LogP contribution < -0.4 is 16.0 Å². The van der Waals surface area contributed by atoms with E-state index in [0.717, 1.165) is 30.5 Å². The third-order valence-corrected chi connectivity index (χ3v) is 4.60. The summed E-state index contributed by atoms with van der Waals surface area (Å²) in [4.78, 5) is 24.3. The average Bonchev–Trinajstić information content (AvgIpc) is 2.64. The first-order valence-electron chi connectivity index (χ1n) is 9.35. The minimum atomic E-state index is -0.582. The van der Waals surface area contributed by atoms with Gasteiger partial charge in [0.05, 0.1) is 0 Å². The quantitative estimate of drug-likeness (QED) is 0.706. The highest BCUT2D eigenvalue weighted by atomic mass is 19.1. The Labute approximate surface area is 163 Å². The van der Waals surface area contributed by atoms with Crippen molar-refractivity contribution in [2.24, 2.45) is 0 Å². The number of hydrogen-bond acceptors (Lipinski definition) is 3. The molecule has 0 spiro atoms. The van der Waals surface area contributed by atoms with Gasteiger partial charge in [0.1, 0.15) is 11.9 Å². The van der Waals surface area contributed by atoms with Gasteiger partial charge in [-0.25, -0.2) is 14.0 Å². The van der Waals surface area contributed by atoms with E-state index in [1.54, 1.807) is 0 Å². The summed E-state index contributed by atoms with van der Waals surface area (Å²) < 4.78 is 18.4. The normalized spacial score (nSPS) is 18.8. The Kier molecular flexibility index (Phi) is 6.47. The van der Waals surface area contributed by atoms with Crippen LogP contribution in [0, 0.1) is 12.7 Å². The molecule has 0 saturated heterocycles. The minimum Gasteiger partial charge on any atom is -0.446 e. The molecule has 1 aliphatic carbocycles. The van der Waals surface area contributed by atoms with Crippen LogP contribution in [0.25, 0.3) is 0 Å². The number of aryl methyl sites for hydroxylation is 1. The van der Waals surface area contributed by atoms with Gasteiger partial charge in [-0.1, -0.05) is 12.1 Å². The summed E-state index contributed by atoms with van der Waals surface area (Å²) in [5.41, 5.74) is 2.27. The number of urea groups is 1. The van der Waals surface area contributed by atoms with Gasteiger partial charge in [0.25, 0.3) is 0 Å². The average molecular weight is 385 g/mol. The van der Waals surface area contributed by atoms with Crippen molar-refractivity contribution in [3.05, 3.63) is 59.9 Å². The van der Waals surface area contributed by atoms with Gasteiger partial charge >= 0.3 is 12.1 Å². The lowest BCUT2D eigenvalue weighted by atomic mass is 9.93. The molecule has 1 fully saturated rings. The van der Waals surface area contributed by atoms with Crippen LogP contribution in [0.2, 0.25) is 0 Å². The van der Waals surface area contributed by atoms with Crippen molar-refractivity contribution in [3.63, 3.8) is 0 Å². The molecule has 1 aliphatic rings. The monoisotopic (exact) mass is 385 g/mol. The summed E-state index contributed by atoms with van der Waals surface area (Å²) in [6, 6.07) is 12.7. The van der Waals surface area contributed by atoms with Crippen molar-refractivity contribution in [1.29, 1.82) is 0 Å². The SMILES string of the molecule is Cc1cccc(NC(=O)N[C@H]2CCC[C@@H](OC(=O)Nc3ccc(F)cc3)C2)c1. The van der Waals surface area contributed by atoms with Crippen molar-refractivity contribution in [2.45, 2.75) is 44.8 Å². The van der Waals surface area contributed by atoms with Crippen LogP contribution >= 0.6 is 0 Å². The third-order valence-electron chi connectivity index (χ3n) is 4.60. The van der Waals surface area contributed by atoms with Crippen molar-refractivity contribution in [3.8, 4) is 0 Å². The number of carbonyl (C=O) groups is 2. The van der Waals surface area contributed by atoms with Crippen molar-refractivity contribution < 1.29 is 18.7 Å². The smallest absolute Gasteiger partial charge is 0.411 e. The summed E-state index contributed by atoms with van der Waals surface area (Å²) in [6.45, 7) is 1.96. The number of ether oxygens (including phenoxy) is 1. The molecule has 3 N–H and O–H groups in total. The Morgan fingerprint density at radius 3 is 2.57 bits per heavy atom. The Hall–Kier alpha value is -3.09. The molecule has 3 rings (SSSR count). The predicted octanol–water partition coefficient (Wildman–Crippen LogP) is 4.82. The number of amides is 3. The van der Waals surface area contributed by atoms with E-state index in [1.807, 2.05) is 31.2 Å². The molecule has 2 aromatic rings. The molecule has 6 nitrogen and oxygen atoms in total. The van der Waals surface area contributed by atoms with E-state index in [4.69, 9.17) is 4.74 Å². The maximum Gasteiger partial charge on any atom is 0.411 e. The molecule has 7 heteroatoms. The zero-order valence-corrected chi connectivity index (χ0v) is 15.7. The molecule has 2 aromatic carbocycles. The summed E-state index contributed by atoms with van der Waals surface area (Å²) in [6.07, 6.45) is 2.12. The van der Waals surface area contributed by atoms with E-state index in [1.165, 1.54) is 24.3 Å². The van der Waals surface area contributed by atoms with E-state index < -0.39 is 6.09 Å². The van der Waals surface area contributed by atoms with Gasteiger partial charge in [0.2, 0.25) is 0 Å². The highest BCUT2D eigenvalue weighted by molar-refractivity contribution is 5.89. The molecule has 0 aromatic heterocycles. The van der Waals surface area contributed by atoms with Crippen LogP contribution in [0.4, 0.5) is 25.4 Å². The van der Waals surface area contributed by atoms with Crippen LogP contribution in [-0.4, -0.2) is 24.3 Å². The van der Waals surface area contributed by atoms with Crippen LogP contribution in [0.1, 0.15) is 31.2 Å². The van der Waals surface area contributed by atoms with Gasteiger partial charge in [-0.3, -0.25) is 5.32 Å². The van der Waals surface area contributed by atoms with E-state index in [0.29, 0.717) is 12.1 Å². The Morgan fingerprint density at radius 1 is 1.04 bits per heavy atom. The third kappa shape index (κ3) is 5.97. The molecule has 3 amide bonds. The summed E-state index contributed by atoms with van der Waals surface area (Å²) in [5, 5.41) is 8.35. The van der Waals surface area contributed by atoms with Gasteiger partial charge in [-0.2, -0.15) is 0 Å². The molecular weight excluding hydrogens is 361 g/mol. The molecule has 1 saturated carbocycles. The molecule has 0 radical (unpaired) electrons. The van der Waals surface area contributed by atoms with Gasteiger partial charge in [0.15, 0.2) is 0 Å². The lowest BCUT2D eigenvalue weighted by Gasteiger charge is -2.29. The molecule has 0 unspecified atom stereocenters. The first kappa shape index (κ1) is 19.7. The highest BCUT2D eigenvalue weighted by Crippen LogP contribution is 2.22. The molecule has 28 heavy (non-hydrogen) atoms. The van der Waals surface area contributed by atoms with Crippen molar-refractivity contribution in [2.75, 3.05) is 10.6 Å². The molecule has 0 aliphatic heterocycles. The first-order valence-corrected chi connectivity index (χ1v) is 9.35. The van der Waals surface area contributed by atoms with Crippen LogP contribution in [0.5, 0.6) is 0 Å². The van der Waals surface area contributed by atoms with Crippen LogP contribution in [0.3, 0.4) is 0 Å². The summed E-state index contributed by atoms with van der Waals surface area (Å²) in [7, 11) is 0. The van der Waals surface area contributed by atoms with Gasteiger partial charge in [-0.15, -0.1) is 0 Å². The molecular formula is C21H24FN3O3. The molecule has 0 heterocycles. The largest absolute Gasteiger partial charge is 0.446 e. The standard InChI is InChI=1S/C21H24FN3O3/c1-14-4-2-5-17(12-14)23-20(26)24-18-6-3-7-19(13-18)28-21(27)25-16-10-8-15(22)9-11-16/h2,4-5,8-12,18-19H,3,6-7,13H2,1H3,(H,25,27)(H2,23,24,26)/t18-,19+/m0/s1. The minimum absolute atomic E-state index is 0.0674. The second-order valence-electron chi connectivity index (χ2n) is 6.99. The molecule has 2 atom stereocenters. The van der Waals surface area contributed by atoms with Crippen molar-refractivity contribution >= 4 is 23.5 Å². The fourth-order valence-corrected chi connectivity index (χ4v) is 3.29. The zero-order valence-electron chi connectivity index (χ0n) is 15.7. The Balaban J connectivity index is 1.46. The lowest BCUT2D eigenvalue weighted by molar-refractivity contribution is 0.0779. The van der Waals surface area contributed by atoms with E-state index in [-0.39, 0.29) is 24.0 Å². The number of hydrogen-bond donors (Lipinski definition) is 3. The number of anilines is 2. The fourth-order valence-electron chi connectivity index (χ4n) is 3.29. The van der Waals surface area contributed by atoms with Crippen LogP contribution in [-0.2, 0) is 4.74 Å². The first-order chi connectivity index (χ1) is 13.5. The zero-order chi connectivity index (χ0) is 19.9. The Bertz CT molecular complexity index is 826. The second-order valence-corrected chi connectivity index (χ2v) is 6.99. The maximum absolute atomic E-state index is 12.9. The lowest BCUT2D eigenvalue weighted by Crippen LogP contribution is -2.43. The summed E-state index contributed by atoms with van der Waals surface area (Å²) >= 11 is 0. The topological polar surface area (TPSA) is 79.5 Å². The number of nitrogens with one attached hydrogen (secondary N) is 3. The van der Waals surface area contributed by atoms with E-state index >= 15 is 0 Å². The number of benzene rings is 2. The fraction of sp³-hybridized carbons (Fsp3) is 0.333. The van der Waals surface area contributed by atoms with Gasteiger partial charge in [-0.05, 0) is 68.1 Å². The van der Waals surface area contributed by atoms with E-state index in [2.05, 4.69) is 16.0 Å². The number of halogens is 1. The highest BCUT2D eigenvalue weighted by Gasteiger charge is 2.26. The Morgan fingerprint density at radius 2 is 1.82 bits per heavy atom. The number of rotatable bonds is 4.